The summed E-state index contributed by atoms with van der Waals surface area (Å²) in [5.74, 6) is 1.92. The fourth-order valence-electron chi connectivity index (χ4n) is 1.77. The van der Waals surface area contributed by atoms with E-state index in [4.69, 9.17) is 4.74 Å². The Morgan fingerprint density at radius 3 is 2.88 bits per heavy atom. The number of hydrogen-bond acceptors (Lipinski definition) is 5. The van der Waals surface area contributed by atoms with Crippen LogP contribution >= 0.6 is 11.8 Å². The molecule has 0 amide bonds. The lowest BCUT2D eigenvalue weighted by atomic mass is 10.3. The summed E-state index contributed by atoms with van der Waals surface area (Å²) in [7, 11) is 1.73. The largest absolute Gasteiger partial charge is 0.391 e. The quantitative estimate of drug-likeness (QED) is 0.593. The van der Waals surface area contributed by atoms with Crippen molar-refractivity contribution in [1.29, 1.82) is 0 Å². The Hall–Kier alpha value is 0.190. The van der Waals surface area contributed by atoms with Crippen molar-refractivity contribution < 1.29 is 9.84 Å². The number of hydrogen-bond donors (Lipinski definition) is 2. The topological polar surface area (TPSA) is 44.7 Å². The van der Waals surface area contributed by atoms with Crippen molar-refractivity contribution in [1.82, 2.24) is 10.2 Å². The second-order valence-electron chi connectivity index (χ2n) is 4.13. The molecule has 1 heterocycles. The maximum absolute atomic E-state index is 9.84. The Labute approximate surface area is 103 Å². The van der Waals surface area contributed by atoms with Gasteiger partial charge in [-0.25, -0.2) is 0 Å². The molecule has 0 aromatic rings. The molecule has 1 rings (SSSR count). The molecule has 5 heteroatoms. The summed E-state index contributed by atoms with van der Waals surface area (Å²) in [5.41, 5.74) is 0. The van der Waals surface area contributed by atoms with E-state index in [2.05, 4.69) is 10.2 Å². The summed E-state index contributed by atoms with van der Waals surface area (Å²) < 4.78 is 4.98. The highest BCUT2D eigenvalue weighted by atomic mass is 32.2. The van der Waals surface area contributed by atoms with E-state index in [9.17, 15) is 5.11 Å². The van der Waals surface area contributed by atoms with Gasteiger partial charge in [-0.3, -0.25) is 4.90 Å². The normalized spacial score (nSPS) is 19.9. The predicted octanol–water partition coefficient (Wildman–Crippen LogP) is 0.0222. The third-order valence-corrected chi connectivity index (χ3v) is 3.82. The Morgan fingerprint density at radius 2 is 2.19 bits per heavy atom. The van der Waals surface area contributed by atoms with Crippen LogP contribution in [0.5, 0.6) is 0 Å². The SMILES string of the molecule is COCCCSCC(O)CN1CCNCC1. The van der Waals surface area contributed by atoms with Crippen LogP contribution in [0.3, 0.4) is 0 Å². The molecule has 1 atom stereocenters. The van der Waals surface area contributed by atoms with Crippen molar-refractivity contribution in [3.63, 3.8) is 0 Å². The fraction of sp³-hybridized carbons (Fsp3) is 1.00. The van der Waals surface area contributed by atoms with Gasteiger partial charge < -0.3 is 15.2 Å². The first-order valence-corrected chi connectivity index (χ1v) is 7.16. The smallest absolute Gasteiger partial charge is 0.0757 e. The minimum absolute atomic E-state index is 0.189. The first-order valence-electron chi connectivity index (χ1n) is 6.00. The molecule has 0 aliphatic carbocycles. The molecule has 96 valence electrons. The molecule has 0 bridgehead atoms. The van der Waals surface area contributed by atoms with Gasteiger partial charge in [0, 0.05) is 52.2 Å². The molecule has 0 radical (unpaired) electrons. The summed E-state index contributed by atoms with van der Waals surface area (Å²) in [5, 5.41) is 13.2. The number of methoxy groups -OCH3 is 1. The molecule has 0 aromatic heterocycles. The fourth-order valence-corrected chi connectivity index (χ4v) is 2.64. The molecule has 0 aromatic carbocycles. The van der Waals surface area contributed by atoms with Crippen molar-refractivity contribution >= 4 is 11.8 Å². The van der Waals surface area contributed by atoms with Crippen LogP contribution in [0.25, 0.3) is 0 Å². The first-order chi connectivity index (χ1) is 7.83. The van der Waals surface area contributed by atoms with Gasteiger partial charge in [-0.05, 0) is 12.2 Å². The van der Waals surface area contributed by atoms with Crippen LogP contribution in [0.1, 0.15) is 6.42 Å². The maximum atomic E-state index is 9.84. The Morgan fingerprint density at radius 1 is 1.44 bits per heavy atom. The van der Waals surface area contributed by atoms with Gasteiger partial charge in [-0.2, -0.15) is 11.8 Å². The highest BCUT2D eigenvalue weighted by Gasteiger charge is 2.13. The van der Waals surface area contributed by atoms with Crippen LogP contribution in [0.2, 0.25) is 0 Å². The van der Waals surface area contributed by atoms with Crippen molar-refractivity contribution in [2.75, 3.05) is 57.9 Å². The van der Waals surface area contributed by atoms with E-state index in [1.54, 1.807) is 7.11 Å². The summed E-state index contributed by atoms with van der Waals surface area (Å²) in [4.78, 5) is 2.33. The monoisotopic (exact) mass is 248 g/mol. The minimum atomic E-state index is -0.189. The lowest BCUT2D eigenvalue weighted by molar-refractivity contribution is 0.121. The average molecular weight is 248 g/mol. The third kappa shape index (κ3) is 6.70. The van der Waals surface area contributed by atoms with E-state index in [1.807, 2.05) is 11.8 Å². The average Bonchev–Trinajstić information content (AvgIpc) is 2.30. The van der Waals surface area contributed by atoms with Crippen LogP contribution in [0.15, 0.2) is 0 Å². The van der Waals surface area contributed by atoms with Crippen LogP contribution in [0, 0.1) is 0 Å². The van der Waals surface area contributed by atoms with Crippen molar-refractivity contribution in [3.05, 3.63) is 0 Å². The number of rotatable bonds is 8. The lowest BCUT2D eigenvalue weighted by Gasteiger charge is -2.28. The molecule has 2 N–H and O–H groups in total. The number of thioether (sulfide) groups is 1. The molecule has 1 aliphatic rings. The molecule has 0 saturated carbocycles. The van der Waals surface area contributed by atoms with E-state index in [0.717, 1.165) is 57.3 Å². The van der Waals surface area contributed by atoms with Crippen molar-refractivity contribution in [2.45, 2.75) is 12.5 Å². The van der Waals surface area contributed by atoms with E-state index in [-0.39, 0.29) is 6.10 Å². The Bertz CT molecular complexity index is 166. The standard InChI is InChI=1S/C11H24N2O2S/c1-15-7-2-8-16-10-11(14)9-13-5-3-12-4-6-13/h11-12,14H,2-10H2,1H3. The Kier molecular flexibility index (Phi) is 8.23. The van der Waals surface area contributed by atoms with Gasteiger partial charge >= 0.3 is 0 Å². The highest BCUT2D eigenvalue weighted by Crippen LogP contribution is 2.06. The third-order valence-electron chi connectivity index (χ3n) is 2.63. The zero-order valence-electron chi connectivity index (χ0n) is 10.2. The molecule has 1 saturated heterocycles. The molecule has 0 spiro atoms. The number of β-amino-alcohol motifs (C(OH)–C–C–N with tert-alkyl or cyclic N) is 1. The molecular weight excluding hydrogens is 224 g/mol. The van der Waals surface area contributed by atoms with Crippen LogP contribution < -0.4 is 5.32 Å². The minimum Gasteiger partial charge on any atom is -0.391 e. The summed E-state index contributed by atoms with van der Waals surface area (Å²) in [6.07, 6.45) is 0.882. The zero-order valence-corrected chi connectivity index (χ0v) is 11.0. The molecule has 16 heavy (non-hydrogen) atoms. The van der Waals surface area contributed by atoms with E-state index < -0.39 is 0 Å². The van der Waals surface area contributed by atoms with Crippen LogP contribution in [-0.2, 0) is 4.74 Å². The predicted molar refractivity (Wildman–Crippen MR) is 69.1 cm³/mol. The van der Waals surface area contributed by atoms with Crippen LogP contribution in [-0.4, -0.2) is 74.1 Å². The molecule has 1 fully saturated rings. The second-order valence-corrected chi connectivity index (χ2v) is 5.28. The van der Waals surface area contributed by atoms with E-state index in [1.165, 1.54) is 0 Å². The van der Waals surface area contributed by atoms with Gasteiger partial charge in [-0.1, -0.05) is 0 Å². The molecule has 4 nitrogen and oxygen atoms in total. The molecule has 1 unspecified atom stereocenters. The number of aliphatic hydroxyl groups excluding tert-OH is 1. The summed E-state index contributed by atoms with van der Waals surface area (Å²) >= 11 is 1.82. The number of piperazine rings is 1. The lowest BCUT2D eigenvalue weighted by Crippen LogP contribution is -2.46. The van der Waals surface area contributed by atoms with E-state index >= 15 is 0 Å². The van der Waals surface area contributed by atoms with Crippen LogP contribution in [0.4, 0.5) is 0 Å². The zero-order chi connectivity index (χ0) is 11.6. The highest BCUT2D eigenvalue weighted by molar-refractivity contribution is 7.99. The van der Waals surface area contributed by atoms with Gasteiger partial charge in [0.05, 0.1) is 6.10 Å². The number of ether oxygens (including phenoxy) is 1. The second kappa shape index (κ2) is 9.24. The maximum Gasteiger partial charge on any atom is 0.0757 e. The van der Waals surface area contributed by atoms with Gasteiger partial charge in [-0.15, -0.1) is 0 Å². The summed E-state index contributed by atoms with van der Waals surface area (Å²) in [6, 6.07) is 0. The van der Waals surface area contributed by atoms with Crippen molar-refractivity contribution in [3.8, 4) is 0 Å². The Balaban J connectivity index is 1.95. The van der Waals surface area contributed by atoms with Gasteiger partial charge in [0.25, 0.3) is 0 Å². The number of nitrogens with zero attached hydrogens (tertiary/aromatic N) is 1. The van der Waals surface area contributed by atoms with E-state index in [0.29, 0.717) is 0 Å². The van der Waals surface area contributed by atoms with Gasteiger partial charge in [0.2, 0.25) is 0 Å². The number of aliphatic hydroxyl groups is 1. The van der Waals surface area contributed by atoms with Gasteiger partial charge in [0.1, 0.15) is 0 Å². The first kappa shape index (κ1) is 14.3. The molecular formula is C11H24N2O2S. The molecule has 1 aliphatic heterocycles. The van der Waals surface area contributed by atoms with Gasteiger partial charge in [0.15, 0.2) is 0 Å². The number of nitrogens with one attached hydrogen (secondary N) is 1. The van der Waals surface area contributed by atoms with Crippen molar-refractivity contribution in [2.24, 2.45) is 0 Å². The summed E-state index contributed by atoms with van der Waals surface area (Å²) in [6.45, 7) is 5.86.